The lowest BCUT2D eigenvalue weighted by molar-refractivity contribution is 0.0903. The number of carbonyl (C=O) groups is 1. The lowest BCUT2D eigenvalue weighted by Gasteiger charge is -2.15. The van der Waals surface area contributed by atoms with E-state index in [9.17, 15) is 4.79 Å². The highest BCUT2D eigenvalue weighted by Crippen LogP contribution is 2.32. The van der Waals surface area contributed by atoms with Gasteiger partial charge in [0.1, 0.15) is 12.4 Å². The molecule has 0 bridgehead atoms. The molecule has 0 spiro atoms. The summed E-state index contributed by atoms with van der Waals surface area (Å²) >= 11 is 0. The van der Waals surface area contributed by atoms with Gasteiger partial charge in [0.05, 0.1) is 0 Å². The SMILES string of the molecule is O=C(CO)c1ccc(Oc2ccc(C3CCCCCC3)cc2)nc1. The van der Waals surface area contributed by atoms with E-state index in [0.29, 0.717) is 17.4 Å². The standard InChI is InChI=1S/C20H23NO3/c22-14-19(23)17-9-12-20(21-13-17)24-18-10-7-16(8-11-18)15-5-3-1-2-4-6-15/h7-13,15,22H,1-6,14H2. The second kappa shape index (κ2) is 8.06. The van der Waals surface area contributed by atoms with E-state index in [-0.39, 0.29) is 5.78 Å². The number of rotatable bonds is 5. The van der Waals surface area contributed by atoms with Crippen molar-refractivity contribution >= 4 is 5.78 Å². The van der Waals surface area contributed by atoms with E-state index in [2.05, 4.69) is 17.1 Å². The summed E-state index contributed by atoms with van der Waals surface area (Å²) in [7, 11) is 0. The molecule has 1 saturated carbocycles. The number of Topliss-reactive ketones (excluding diaryl/α,β-unsaturated/α-hetero) is 1. The average molecular weight is 325 g/mol. The molecular formula is C20H23NO3. The van der Waals surface area contributed by atoms with Gasteiger partial charge in [-0.05, 0) is 42.5 Å². The maximum atomic E-state index is 11.4. The quantitative estimate of drug-likeness (QED) is 0.650. The van der Waals surface area contributed by atoms with Gasteiger partial charge in [0.2, 0.25) is 5.88 Å². The number of aliphatic hydroxyl groups excluding tert-OH is 1. The Morgan fingerprint density at radius 1 is 1.04 bits per heavy atom. The van der Waals surface area contributed by atoms with E-state index in [1.165, 1.54) is 50.3 Å². The number of ketones is 1. The molecule has 0 radical (unpaired) electrons. The minimum Gasteiger partial charge on any atom is -0.439 e. The van der Waals surface area contributed by atoms with Gasteiger partial charge in [-0.15, -0.1) is 0 Å². The molecular weight excluding hydrogens is 302 g/mol. The van der Waals surface area contributed by atoms with Crippen LogP contribution in [0.2, 0.25) is 0 Å². The molecule has 1 aromatic heterocycles. The first-order chi connectivity index (χ1) is 11.8. The number of aromatic nitrogens is 1. The van der Waals surface area contributed by atoms with Gasteiger partial charge in [-0.1, -0.05) is 37.8 Å². The minimum absolute atomic E-state index is 0.346. The first-order valence-corrected chi connectivity index (χ1v) is 8.64. The van der Waals surface area contributed by atoms with Crippen molar-refractivity contribution in [2.45, 2.75) is 44.4 Å². The summed E-state index contributed by atoms with van der Waals surface area (Å²) in [4.78, 5) is 15.5. The molecule has 1 aromatic carbocycles. The van der Waals surface area contributed by atoms with Gasteiger partial charge < -0.3 is 9.84 Å². The third kappa shape index (κ3) is 4.20. The molecule has 0 aliphatic heterocycles. The molecule has 0 unspecified atom stereocenters. The molecule has 4 heteroatoms. The maximum Gasteiger partial charge on any atom is 0.219 e. The zero-order valence-electron chi connectivity index (χ0n) is 13.8. The van der Waals surface area contributed by atoms with Crippen molar-refractivity contribution in [1.29, 1.82) is 0 Å². The van der Waals surface area contributed by atoms with E-state index in [0.717, 1.165) is 5.75 Å². The Kier molecular flexibility index (Phi) is 5.59. The van der Waals surface area contributed by atoms with Crippen LogP contribution >= 0.6 is 0 Å². The Morgan fingerprint density at radius 2 is 1.75 bits per heavy atom. The van der Waals surface area contributed by atoms with Crippen molar-refractivity contribution in [2.75, 3.05) is 6.61 Å². The highest BCUT2D eigenvalue weighted by atomic mass is 16.5. The van der Waals surface area contributed by atoms with Crippen molar-refractivity contribution in [2.24, 2.45) is 0 Å². The fraction of sp³-hybridized carbons (Fsp3) is 0.400. The Bertz CT molecular complexity index is 656. The van der Waals surface area contributed by atoms with Crippen LogP contribution in [0.1, 0.15) is 60.4 Å². The van der Waals surface area contributed by atoms with Crippen molar-refractivity contribution in [1.82, 2.24) is 4.98 Å². The summed E-state index contributed by atoms with van der Waals surface area (Å²) in [5.41, 5.74) is 1.77. The van der Waals surface area contributed by atoms with Crippen LogP contribution in [0.15, 0.2) is 42.6 Å². The van der Waals surface area contributed by atoms with Crippen LogP contribution < -0.4 is 4.74 Å². The highest BCUT2D eigenvalue weighted by Gasteiger charge is 2.14. The molecule has 0 amide bonds. The molecule has 1 heterocycles. The van der Waals surface area contributed by atoms with Crippen LogP contribution in [0.4, 0.5) is 0 Å². The molecule has 126 valence electrons. The summed E-state index contributed by atoms with van der Waals surface area (Å²) in [6, 6.07) is 11.5. The van der Waals surface area contributed by atoms with Gasteiger partial charge >= 0.3 is 0 Å². The molecule has 1 N–H and O–H groups in total. The van der Waals surface area contributed by atoms with Gasteiger partial charge in [0.25, 0.3) is 0 Å². The summed E-state index contributed by atoms with van der Waals surface area (Å²) in [6.07, 6.45) is 9.35. The van der Waals surface area contributed by atoms with Crippen molar-refractivity contribution in [3.05, 3.63) is 53.7 Å². The Morgan fingerprint density at radius 3 is 2.33 bits per heavy atom. The van der Waals surface area contributed by atoms with E-state index >= 15 is 0 Å². The molecule has 1 fully saturated rings. The van der Waals surface area contributed by atoms with Crippen LogP contribution in [0.25, 0.3) is 0 Å². The average Bonchev–Trinajstić information content (AvgIpc) is 2.92. The van der Waals surface area contributed by atoms with Crippen LogP contribution in [-0.2, 0) is 0 Å². The molecule has 1 aliphatic rings. The highest BCUT2D eigenvalue weighted by molar-refractivity contribution is 5.96. The predicted octanol–water partition coefficient (Wildman–Crippen LogP) is 4.49. The minimum atomic E-state index is -0.509. The van der Waals surface area contributed by atoms with Gasteiger partial charge in [0.15, 0.2) is 5.78 Å². The summed E-state index contributed by atoms with van der Waals surface area (Å²) in [5.74, 6) is 1.50. The number of pyridine rings is 1. The molecule has 1 aliphatic carbocycles. The van der Waals surface area contributed by atoms with Gasteiger partial charge in [0, 0.05) is 17.8 Å². The maximum absolute atomic E-state index is 11.4. The van der Waals surface area contributed by atoms with E-state index in [1.54, 1.807) is 12.1 Å². The second-order valence-electron chi connectivity index (χ2n) is 6.33. The summed E-state index contributed by atoms with van der Waals surface area (Å²) in [6.45, 7) is -0.509. The largest absolute Gasteiger partial charge is 0.439 e. The number of hydrogen-bond acceptors (Lipinski definition) is 4. The zero-order valence-corrected chi connectivity index (χ0v) is 13.8. The Balaban J connectivity index is 1.64. The molecule has 0 saturated heterocycles. The molecule has 4 nitrogen and oxygen atoms in total. The first-order valence-electron chi connectivity index (χ1n) is 8.64. The first kappa shape index (κ1) is 16.7. The monoisotopic (exact) mass is 325 g/mol. The van der Waals surface area contributed by atoms with Gasteiger partial charge in [-0.2, -0.15) is 0 Å². The van der Waals surface area contributed by atoms with Crippen LogP contribution in [0, 0.1) is 0 Å². The van der Waals surface area contributed by atoms with Crippen molar-refractivity contribution in [3.63, 3.8) is 0 Å². The smallest absolute Gasteiger partial charge is 0.219 e. The fourth-order valence-corrected chi connectivity index (χ4v) is 3.24. The third-order valence-corrected chi connectivity index (χ3v) is 4.63. The fourth-order valence-electron chi connectivity index (χ4n) is 3.24. The van der Waals surface area contributed by atoms with Crippen molar-refractivity contribution < 1.29 is 14.6 Å². The topological polar surface area (TPSA) is 59.4 Å². The number of hydrogen-bond donors (Lipinski definition) is 1. The summed E-state index contributed by atoms with van der Waals surface area (Å²) < 4.78 is 5.73. The van der Waals surface area contributed by atoms with E-state index in [1.807, 2.05) is 12.1 Å². The Hall–Kier alpha value is -2.20. The Labute approximate surface area is 142 Å². The lowest BCUT2D eigenvalue weighted by Crippen LogP contribution is -2.04. The van der Waals surface area contributed by atoms with Crippen LogP contribution in [0.5, 0.6) is 11.6 Å². The van der Waals surface area contributed by atoms with Crippen molar-refractivity contribution in [3.8, 4) is 11.6 Å². The van der Waals surface area contributed by atoms with Crippen LogP contribution in [0.3, 0.4) is 0 Å². The normalized spacial score (nSPS) is 15.7. The zero-order chi connectivity index (χ0) is 16.8. The van der Waals surface area contributed by atoms with E-state index < -0.39 is 6.61 Å². The number of carbonyl (C=O) groups excluding carboxylic acids is 1. The van der Waals surface area contributed by atoms with Gasteiger partial charge in [-0.3, -0.25) is 4.79 Å². The number of nitrogens with zero attached hydrogens (tertiary/aromatic N) is 1. The number of ether oxygens (including phenoxy) is 1. The molecule has 2 aromatic rings. The predicted molar refractivity (Wildman–Crippen MR) is 92.6 cm³/mol. The molecule has 0 atom stereocenters. The third-order valence-electron chi connectivity index (χ3n) is 4.63. The number of aliphatic hydroxyl groups is 1. The molecule has 24 heavy (non-hydrogen) atoms. The van der Waals surface area contributed by atoms with E-state index in [4.69, 9.17) is 9.84 Å². The summed E-state index contributed by atoms with van der Waals surface area (Å²) in [5, 5.41) is 8.84. The van der Waals surface area contributed by atoms with Crippen LogP contribution in [-0.4, -0.2) is 22.5 Å². The van der Waals surface area contributed by atoms with Gasteiger partial charge in [-0.25, -0.2) is 4.98 Å². The molecule has 3 rings (SSSR count). The number of benzene rings is 1. The second-order valence-corrected chi connectivity index (χ2v) is 6.33. The lowest BCUT2D eigenvalue weighted by atomic mass is 9.92.